The molecule has 160 valence electrons. The second-order valence-electron chi connectivity index (χ2n) is 11.2. The van der Waals surface area contributed by atoms with E-state index >= 15 is 0 Å². The van der Waals surface area contributed by atoms with Crippen LogP contribution < -0.4 is 0 Å². The molecule has 0 aromatic carbocycles. The van der Waals surface area contributed by atoms with Gasteiger partial charge in [0.25, 0.3) is 0 Å². The van der Waals surface area contributed by atoms with E-state index in [4.69, 9.17) is 0 Å². The summed E-state index contributed by atoms with van der Waals surface area (Å²) < 4.78 is 0. The van der Waals surface area contributed by atoms with E-state index in [0.717, 1.165) is 44.9 Å². The summed E-state index contributed by atoms with van der Waals surface area (Å²) in [5.41, 5.74) is 2.31. The van der Waals surface area contributed by atoms with Crippen molar-refractivity contribution in [1.82, 2.24) is 0 Å². The van der Waals surface area contributed by atoms with Gasteiger partial charge in [-0.2, -0.15) is 0 Å². The molecule has 3 aliphatic rings. The Morgan fingerprint density at radius 2 is 1.86 bits per heavy atom. The Bertz CT molecular complexity index is 636. The van der Waals surface area contributed by atoms with Crippen molar-refractivity contribution in [2.45, 2.75) is 91.8 Å². The van der Waals surface area contributed by atoms with Gasteiger partial charge < -0.3 is 15.3 Å². The van der Waals surface area contributed by atoms with Gasteiger partial charge in [-0.1, -0.05) is 51.5 Å². The van der Waals surface area contributed by atoms with Crippen molar-refractivity contribution in [2.75, 3.05) is 6.61 Å². The highest BCUT2D eigenvalue weighted by molar-refractivity contribution is 5.22. The van der Waals surface area contributed by atoms with E-state index in [1.54, 1.807) is 0 Å². The Balaban J connectivity index is 1.98. The molecule has 3 rings (SSSR count). The van der Waals surface area contributed by atoms with E-state index in [0.29, 0.717) is 11.8 Å². The normalized spacial score (nSPS) is 46.1. The van der Waals surface area contributed by atoms with E-state index in [9.17, 15) is 15.3 Å². The van der Waals surface area contributed by atoms with Crippen LogP contribution in [0, 0.1) is 34.0 Å². The van der Waals surface area contributed by atoms with Gasteiger partial charge in [-0.05, 0) is 80.5 Å². The van der Waals surface area contributed by atoms with Crippen LogP contribution in [-0.4, -0.2) is 34.1 Å². The first-order valence-corrected chi connectivity index (χ1v) is 11.3. The minimum atomic E-state index is -0.376. The first kappa shape index (κ1) is 22.1. The van der Waals surface area contributed by atoms with Gasteiger partial charge in [0.05, 0.1) is 18.8 Å². The van der Waals surface area contributed by atoms with E-state index in [2.05, 4.69) is 41.2 Å². The zero-order valence-corrected chi connectivity index (χ0v) is 18.7. The first-order valence-electron chi connectivity index (χ1n) is 11.3. The summed E-state index contributed by atoms with van der Waals surface area (Å²) in [6, 6.07) is 0. The summed E-state index contributed by atoms with van der Waals surface area (Å²) in [4.78, 5) is 0. The zero-order valence-electron chi connectivity index (χ0n) is 18.7. The Morgan fingerprint density at radius 3 is 2.50 bits per heavy atom. The Morgan fingerprint density at radius 1 is 1.18 bits per heavy atom. The monoisotopic (exact) mass is 390 g/mol. The molecule has 7 unspecified atom stereocenters. The first-order chi connectivity index (χ1) is 13.0. The van der Waals surface area contributed by atoms with E-state index < -0.39 is 0 Å². The molecule has 3 heteroatoms. The summed E-state index contributed by atoms with van der Waals surface area (Å²) in [6.45, 7) is 15.8. The summed E-state index contributed by atoms with van der Waals surface area (Å²) in [5, 5.41) is 31.8. The Labute approximate surface area is 171 Å². The van der Waals surface area contributed by atoms with Crippen molar-refractivity contribution < 1.29 is 15.3 Å². The molecule has 0 saturated heterocycles. The predicted octanol–water partition coefficient (Wildman–Crippen LogP) is 4.86. The number of aliphatic hydroxyl groups is 3. The molecular formula is C25H42O3. The number of aliphatic hydroxyl groups excluding tert-OH is 3. The maximum absolute atomic E-state index is 11.4. The van der Waals surface area contributed by atoms with Crippen LogP contribution in [0.4, 0.5) is 0 Å². The highest BCUT2D eigenvalue weighted by atomic mass is 16.3. The van der Waals surface area contributed by atoms with Gasteiger partial charge in [-0.15, -0.1) is 0 Å². The van der Waals surface area contributed by atoms with Gasteiger partial charge in [-0.25, -0.2) is 0 Å². The smallest absolute Gasteiger partial charge is 0.0614 e. The number of fused-ring (bicyclic) bond motifs is 3. The zero-order chi connectivity index (χ0) is 20.9. The van der Waals surface area contributed by atoms with Crippen LogP contribution in [0.3, 0.4) is 0 Å². The van der Waals surface area contributed by atoms with Crippen LogP contribution >= 0.6 is 0 Å². The average molecular weight is 391 g/mol. The maximum atomic E-state index is 11.4. The molecule has 0 bridgehead atoms. The van der Waals surface area contributed by atoms with Crippen LogP contribution in [0.2, 0.25) is 0 Å². The number of allylic oxidation sites excluding steroid dienone is 2. The van der Waals surface area contributed by atoms with Crippen LogP contribution in [-0.2, 0) is 0 Å². The molecule has 7 atom stereocenters. The maximum Gasteiger partial charge on any atom is 0.0614 e. The molecule has 0 radical (unpaired) electrons. The molecule has 0 spiro atoms. The third kappa shape index (κ3) is 3.32. The summed E-state index contributed by atoms with van der Waals surface area (Å²) >= 11 is 0. The fourth-order valence-electron chi connectivity index (χ4n) is 7.99. The van der Waals surface area contributed by atoms with Gasteiger partial charge in [-0.3, -0.25) is 0 Å². The summed E-state index contributed by atoms with van der Waals surface area (Å²) in [5.74, 6) is 0.906. The lowest BCUT2D eigenvalue weighted by Gasteiger charge is -2.68. The van der Waals surface area contributed by atoms with Gasteiger partial charge in [0.1, 0.15) is 0 Å². The van der Waals surface area contributed by atoms with Crippen molar-refractivity contribution in [3.05, 3.63) is 23.8 Å². The standard InChI is InChI=1S/C25H42O3/c1-16(12-14-26)7-9-18-17(2)8-10-20-24(18,5)15-19(27)22-23(3,4)13-11-21(28)25(20,22)6/h12,18-22,26-28H,2,7-11,13-15H2,1,3-6H3. The Hall–Kier alpha value is -0.640. The third-order valence-electron chi connectivity index (χ3n) is 9.18. The molecular weight excluding hydrogens is 348 g/mol. The SMILES string of the molecule is C=C1CCC2C(C)(CC(O)C3C(C)(C)CCC(O)C32C)C1CCC(C)=CCO. The minimum absolute atomic E-state index is 0.0338. The summed E-state index contributed by atoms with van der Waals surface area (Å²) in [7, 11) is 0. The lowest BCUT2D eigenvalue weighted by Crippen LogP contribution is -2.67. The van der Waals surface area contributed by atoms with Crippen LogP contribution in [0.5, 0.6) is 0 Å². The van der Waals surface area contributed by atoms with Gasteiger partial charge in [0.15, 0.2) is 0 Å². The second kappa shape index (κ2) is 7.56. The van der Waals surface area contributed by atoms with E-state index in [-0.39, 0.29) is 41.0 Å². The van der Waals surface area contributed by atoms with Crippen molar-refractivity contribution >= 4 is 0 Å². The van der Waals surface area contributed by atoms with Crippen molar-refractivity contribution in [3.8, 4) is 0 Å². The van der Waals surface area contributed by atoms with Crippen molar-refractivity contribution in [2.24, 2.45) is 34.0 Å². The average Bonchev–Trinajstić information content (AvgIpc) is 2.57. The molecule has 0 heterocycles. The van der Waals surface area contributed by atoms with E-state index in [1.807, 2.05) is 6.08 Å². The molecule has 28 heavy (non-hydrogen) atoms. The molecule has 3 saturated carbocycles. The largest absolute Gasteiger partial charge is 0.393 e. The number of rotatable bonds is 4. The molecule has 0 aromatic heterocycles. The molecule has 3 fully saturated rings. The van der Waals surface area contributed by atoms with Gasteiger partial charge in [0, 0.05) is 5.41 Å². The van der Waals surface area contributed by atoms with Crippen molar-refractivity contribution in [3.63, 3.8) is 0 Å². The number of hydrogen-bond donors (Lipinski definition) is 3. The highest BCUT2D eigenvalue weighted by Gasteiger charge is 2.66. The predicted molar refractivity (Wildman–Crippen MR) is 115 cm³/mol. The number of hydrogen-bond acceptors (Lipinski definition) is 3. The minimum Gasteiger partial charge on any atom is -0.393 e. The van der Waals surface area contributed by atoms with Gasteiger partial charge >= 0.3 is 0 Å². The molecule has 0 aromatic rings. The lowest BCUT2D eigenvalue weighted by atomic mass is 9.37. The van der Waals surface area contributed by atoms with Crippen molar-refractivity contribution in [1.29, 1.82) is 0 Å². The summed E-state index contributed by atoms with van der Waals surface area (Å²) in [6.07, 6.45) is 7.87. The molecule has 0 amide bonds. The third-order valence-corrected chi connectivity index (χ3v) is 9.18. The fraction of sp³-hybridized carbons (Fsp3) is 0.840. The molecule has 3 nitrogen and oxygen atoms in total. The van der Waals surface area contributed by atoms with Crippen LogP contribution in [0.15, 0.2) is 23.8 Å². The van der Waals surface area contributed by atoms with Crippen LogP contribution in [0.25, 0.3) is 0 Å². The van der Waals surface area contributed by atoms with Gasteiger partial charge in [0.2, 0.25) is 0 Å². The molecule has 3 N–H and O–H groups in total. The fourth-order valence-corrected chi connectivity index (χ4v) is 7.99. The second-order valence-corrected chi connectivity index (χ2v) is 11.2. The highest BCUT2D eigenvalue weighted by Crippen LogP contribution is 2.69. The topological polar surface area (TPSA) is 60.7 Å². The van der Waals surface area contributed by atoms with Crippen LogP contribution in [0.1, 0.15) is 79.6 Å². The van der Waals surface area contributed by atoms with E-state index in [1.165, 1.54) is 11.1 Å². The molecule has 0 aliphatic heterocycles. The quantitative estimate of drug-likeness (QED) is 0.601. The molecule has 3 aliphatic carbocycles. The Kier molecular flexibility index (Phi) is 5.95. The lowest BCUT2D eigenvalue weighted by molar-refractivity contribution is -0.242.